The molecule has 0 unspecified atom stereocenters. The number of phenolic OH excluding ortho intramolecular Hbond substituents is 1. The second kappa shape index (κ2) is 6.79. The average molecular weight is 405 g/mol. The van der Waals surface area contributed by atoms with Gasteiger partial charge in [-0.15, -0.1) is 0 Å². The van der Waals surface area contributed by atoms with Gasteiger partial charge in [0, 0.05) is 7.05 Å². The van der Waals surface area contributed by atoms with Gasteiger partial charge in [-0.2, -0.15) is 18.4 Å². The number of alkyl halides is 3. The van der Waals surface area contributed by atoms with E-state index in [1.165, 1.54) is 37.4 Å². The number of urea groups is 1. The maximum Gasteiger partial charge on any atom is 0.417 e. The molecule has 2 N–H and O–H groups in total. The summed E-state index contributed by atoms with van der Waals surface area (Å²) in [5.41, 5.74) is -4.03. The molecule has 1 heterocycles. The van der Waals surface area contributed by atoms with E-state index in [4.69, 9.17) is 5.26 Å². The van der Waals surface area contributed by atoms with E-state index < -0.39 is 41.4 Å². The van der Waals surface area contributed by atoms with Crippen LogP contribution < -0.4 is 4.90 Å². The highest BCUT2D eigenvalue weighted by Crippen LogP contribution is 2.41. The van der Waals surface area contributed by atoms with E-state index >= 15 is 0 Å². The van der Waals surface area contributed by atoms with Crippen molar-refractivity contribution in [2.45, 2.75) is 11.7 Å². The predicted octanol–water partition coefficient (Wildman–Crippen LogP) is 2.57. The molecule has 1 atom stereocenters. The molecule has 0 bridgehead atoms. The fourth-order valence-electron chi connectivity index (χ4n) is 3.28. The number of carbonyl (C=O) groups is 2. The number of carbonyl (C=O) groups excluding carboxylic acids is 2. The van der Waals surface area contributed by atoms with Crippen LogP contribution in [-0.2, 0) is 16.5 Å². The van der Waals surface area contributed by atoms with Crippen LogP contribution in [0.25, 0.3) is 0 Å². The van der Waals surface area contributed by atoms with Gasteiger partial charge in [-0.25, -0.2) is 9.69 Å². The summed E-state index contributed by atoms with van der Waals surface area (Å²) in [4.78, 5) is 27.4. The van der Waals surface area contributed by atoms with E-state index in [9.17, 15) is 33.0 Å². The molecule has 10 heteroatoms. The minimum absolute atomic E-state index is 0.111. The Hall–Kier alpha value is -3.58. The van der Waals surface area contributed by atoms with E-state index in [1.54, 1.807) is 0 Å². The minimum Gasteiger partial charge on any atom is -0.508 e. The number of imide groups is 1. The Labute approximate surface area is 162 Å². The fraction of sp³-hybridized carbons (Fsp3) is 0.211. The van der Waals surface area contributed by atoms with Crippen LogP contribution in [0.4, 0.5) is 23.7 Å². The first-order chi connectivity index (χ1) is 13.6. The van der Waals surface area contributed by atoms with Crippen molar-refractivity contribution >= 4 is 17.6 Å². The van der Waals surface area contributed by atoms with Crippen LogP contribution in [0.5, 0.6) is 5.75 Å². The molecule has 0 radical (unpaired) electrons. The lowest BCUT2D eigenvalue weighted by molar-refractivity contribution is -0.137. The standard InChI is InChI=1S/C19H14F3N3O4/c1-24-17(29)25(13-5-2-11(9-23)15(8-13)19(20,21)22)16(28)18(24,10-26)12-3-6-14(27)7-4-12/h2-8,26-27H,10H2,1H3/t18-/m1/s1. The second-order valence-electron chi connectivity index (χ2n) is 6.39. The number of hydrogen-bond donors (Lipinski definition) is 2. The highest BCUT2D eigenvalue weighted by molar-refractivity contribution is 6.23. The average Bonchev–Trinajstić information content (AvgIpc) is 2.88. The summed E-state index contributed by atoms with van der Waals surface area (Å²) in [6.45, 7) is -0.836. The molecule has 1 saturated heterocycles. The minimum atomic E-state index is -4.87. The van der Waals surface area contributed by atoms with Gasteiger partial charge in [0.05, 0.1) is 29.5 Å². The summed E-state index contributed by atoms with van der Waals surface area (Å²) in [5, 5.41) is 28.4. The zero-order chi connectivity index (χ0) is 21.6. The van der Waals surface area contributed by atoms with Crippen molar-refractivity contribution in [3.05, 3.63) is 59.2 Å². The van der Waals surface area contributed by atoms with Crippen molar-refractivity contribution in [1.29, 1.82) is 5.26 Å². The number of benzene rings is 2. The molecule has 7 nitrogen and oxygen atoms in total. The van der Waals surface area contributed by atoms with Crippen LogP contribution in [-0.4, -0.2) is 40.7 Å². The third-order valence-electron chi connectivity index (χ3n) is 4.87. The Balaban J connectivity index is 2.16. The van der Waals surface area contributed by atoms with Crippen LogP contribution in [0.15, 0.2) is 42.5 Å². The molecule has 3 rings (SSSR count). The van der Waals surface area contributed by atoms with Gasteiger partial charge in [0.2, 0.25) is 0 Å². The molecule has 2 aromatic carbocycles. The van der Waals surface area contributed by atoms with Crippen molar-refractivity contribution in [2.75, 3.05) is 18.6 Å². The molecule has 0 saturated carbocycles. The molecule has 0 aromatic heterocycles. The van der Waals surface area contributed by atoms with Crippen molar-refractivity contribution in [2.24, 2.45) is 0 Å². The number of nitrogens with zero attached hydrogens (tertiary/aromatic N) is 3. The largest absolute Gasteiger partial charge is 0.508 e. The Morgan fingerprint density at radius 2 is 1.76 bits per heavy atom. The van der Waals surface area contributed by atoms with E-state index in [1.807, 2.05) is 0 Å². The smallest absolute Gasteiger partial charge is 0.417 e. The summed E-state index contributed by atoms with van der Waals surface area (Å²) in [7, 11) is 1.23. The highest BCUT2D eigenvalue weighted by Gasteiger charge is 2.57. The van der Waals surface area contributed by atoms with Gasteiger partial charge in [-0.3, -0.25) is 4.79 Å². The summed E-state index contributed by atoms with van der Waals surface area (Å²) in [5.74, 6) is -1.07. The van der Waals surface area contributed by atoms with Crippen molar-refractivity contribution in [3.63, 3.8) is 0 Å². The number of nitriles is 1. The third-order valence-corrected chi connectivity index (χ3v) is 4.87. The van der Waals surface area contributed by atoms with E-state index in [2.05, 4.69) is 0 Å². The molecular weight excluding hydrogens is 391 g/mol. The van der Waals surface area contributed by atoms with E-state index in [-0.39, 0.29) is 17.0 Å². The third kappa shape index (κ3) is 2.96. The first-order valence-corrected chi connectivity index (χ1v) is 8.22. The zero-order valence-corrected chi connectivity index (χ0v) is 14.9. The zero-order valence-electron chi connectivity index (χ0n) is 14.9. The number of anilines is 1. The lowest BCUT2D eigenvalue weighted by Crippen LogP contribution is -2.48. The Bertz CT molecular complexity index is 1030. The van der Waals surface area contributed by atoms with E-state index in [0.29, 0.717) is 11.0 Å². The molecule has 1 aliphatic heterocycles. The number of rotatable bonds is 3. The summed E-state index contributed by atoms with van der Waals surface area (Å²) >= 11 is 0. The number of halogens is 3. The molecule has 1 fully saturated rings. The number of phenols is 1. The number of hydrogen-bond acceptors (Lipinski definition) is 5. The van der Waals surface area contributed by atoms with Gasteiger partial charge in [-0.05, 0) is 35.9 Å². The van der Waals surface area contributed by atoms with Gasteiger partial charge in [0.25, 0.3) is 5.91 Å². The van der Waals surface area contributed by atoms with Crippen LogP contribution >= 0.6 is 0 Å². The van der Waals surface area contributed by atoms with Crippen molar-refractivity contribution < 1.29 is 33.0 Å². The number of aromatic hydroxyl groups is 1. The SMILES string of the molecule is CN1C(=O)N(c2ccc(C#N)c(C(F)(F)F)c2)C(=O)[C@@]1(CO)c1ccc(O)cc1. The molecule has 2 aromatic rings. The Morgan fingerprint density at radius 1 is 1.14 bits per heavy atom. The van der Waals surface area contributed by atoms with Gasteiger partial charge in [0.1, 0.15) is 5.75 Å². The topological polar surface area (TPSA) is 105 Å². The summed E-state index contributed by atoms with van der Waals surface area (Å²) in [6, 6.07) is 8.13. The first kappa shape index (κ1) is 20.2. The first-order valence-electron chi connectivity index (χ1n) is 8.22. The quantitative estimate of drug-likeness (QED) is 0.764. The highest BCUT2D eigenvalue weighted by atomic mass is 19.4. The predicted molar refractivity (Wildman–Crippen MR) is 93.7 cm³/mol. The van der Waals surface area contributed by atoms with Gasteiger partial charge in [-0.1, -0.05) is 12.1 Å². The number of aliphatic hydroxyl groups excluding tert-OH is 1. The van der Waals surface area contributed by atoms with Crippen LogP contribution in [0.1, 0.15) is 16.7 Å². The molecule has 150 valence electrons. The number of aliphatic hydroxyl groups is 1. The molecule has 3 amide bonds. The molecule has 29 heavy (non-hydrogen) atoms. The second-order valence-corrected chi connectivity index (χ2v) is 6.39. The van der Waals surface area contributed by atoms with Crippen LogP contribution in [0.2, 0.25) is 0 Å². The summed E-state index contributed by atoms with van der Waals surface area (Å²) < 4.78 is 39.8. The number of amides is 3. The maximum atomic E-state index is 13.3. The molecule has 0 spiro atoms. The monoisotopic (exact) mass is 405 g/mol. The Kier molecular flexibility index (Phi) is 4.72. The lowest BCUT2D eigenvalue weighted by Gasteiger charge is -2.31. The van der Waals surface area contributed by atoms with Crippen LogP contribution in [0, 0.1) is 11.3 Å². The fourth-order valence-corrected chi connectivity index (χ4v) is 3.28. The van der Waals surface area contributed by atoms with Crippen molar-refractivity contribution in [1.82, 2.24) is 4.90 Å². The van der Waals surface area contributed by atoms with Gasteiger partial charge in [0.15, 0.2) is 5.54 Å². The van der Waals surface area contributed by atoms with Gasteiger partial charge < -0.3 is 15.1 Å². The lowest BCUT2D eigenvalue weighted by atomic mass is 9.89. The maximum absolute atomic E-state index is 13.3. The normalized spacial score (nSPS) is 19.6. The Morgan fingerprint density at radius 3 is 2.28 bits per heavy atom. The molecule has 1 aliphatic rings. The molecule has 0 aliphatic carbocycles. The van der Waals surface area contributed by atoms with Gasteiger partial charge >= 0.3 is 12.2 Å². The van der Waals surface area contributed by atoms with Crippen LogP contribution in [0.3, 0.4) is 0 Å². The number of likely N-dealkylation sites (N-methyl/N-ethyl adjacent to an activating group) is 1. The molecular formula is C19H14F3N3O4. The van der Waals surface area contributed by atoms with Crippen molar-refractivity contribution in [3.8, 4) is 11.8 Å². The summed E-state index contributed by atoms with van der Waals surface area (Å²) in [6.07, 6.45) is -4.87. The van der Waals surface area contributed by atoms with E-state index in [0.717, 1.165) is 17.0 Å².